The summed E-state index contributed by atoms with van der Waals surface area (Å²) in [4.78, 5) is 23.5. The Hall–Kier alpha value is -2.15. The predicted octanol–water partition coefficient (Wildman–Crippen LogP) is 1.66. The molecule has 0 bridgehead atoms. The summed E-state index contributed by atoms with van der Waals surface area (Å²) >= 11 is 0. The number of nitrogens with one attached hydrogen (secondary N) is 1. The fourth-order valence-corrected chi connectivity index (χ4v) is 2.67. The Balaban J connectivity index is 0.000000299. The van der Waals surface area contributed by atoms with Crippen molar-refractivity contribution in [1.82, 2.24) is 5.32 Å². The Morgan fingerprint density at radius 3 is 2.27 bits per heavy atom. The first-order chi connectivity index (χ1) is 10.6. The zero-order valence-electron chi connectivity index (χ0n) is 12.6. The quantitative estimate of drug-likeness (QED) is 0.653. The van der Waals surface area contributed by atoms with Crippen LogP contribution in [0.1, 0.15) is 36.0 Å². The number of nitrogens with zero attached hydrogens (tertiary/aromatic N) is 2. The van der Waals surface area contributed by atoms with E-state index < -0.39 is 10.8 Å². The third kappa shape index (κ3) is 4.17. The molecule has 120 valence electrons. The minimum absolute atomic E-state index is 0.0249. The Morgan fingerprint density at radius 1 is 1.18 bits per heavy atom. The van der Waals surface area contributed by atoms with Gasteiger partial charge in [0.25, 0.3) is 5.69 Å². The molecule has 1 aromatic rings. The third-order valence-electron chi connectivity index (χ3n) is 3.86. The summed E-state index contributed by atoms with van der Waals surface area (Å²) in [5, 5.41) is 14.1. The van der Waals surface area contributed by atoms with Crippen LogP contribution in [0, 0.1) is 10.1 Å². The minimum atomic E-state index is -0.569. The molecule has 1 aromatic carbocycles. The van der Waals surface area contributed by atoms with Gasteiger partial charge in [-0.15, -0.1) is 0 Å². The fraction of sp³-hybridized carbons (Fsp3) is 0.533. The highest BCUT2D eigenvalue weighted by Crippen LogP contribution is 2.31. The van der Waals surface area contributed by atoms with E-state index >= 15 is 0 Å². The van der Waals surface area contributed by atoms with E-state index in [9.17, 15) is 14.9 Å². The number of nitro benzene ring substituents is 1. The highest BCUT2D eigenvalue weighted by molar-refractivity contribution is 5.94. The van der Waals surface area contributed by atoms with Gasteiger partial charge in [0.15, 0.2) is 0 Å². The number of anilines is 1. The van der Waals surface area contributed by atoms with E-state index in [1.54, 1.807) is 0 Å². The lowest BCUT2D eigenvalue weighted by Crippen LogP contribution is -2.20. The monoisotopic (exact) mass is 306 g/mol. The average Bonchev–Trinajstić information content (AvgIpc) is 3.22. The number of hydrogen-bond donors (Lipinski definition) is 2. The van der Waals surface area contributed by atoms with Crippen LogP contribution in [0.25, 0.3) is 0 Å². The number of amides is 1. The van der Waals surface area contributed by atoms with Crippen LogP contribution in [0.4, 0.5) is 11.4 Å². The standard InChI is InChI=1S/C11H13N3O3.C4H9N/c12-11(15)8-3-4-9(14(16)17)10(7-8)13-5-1-2-6-13;1-2-4-5-3-1/h3-4,7H,1-2,5-6H2,(H2,12,15);5H,1-4H2. The molecule has 1 amide bonds. The van der Waals surface area contributed by atoms with E-state index in [4.69, 9.17) is 5.73 Å². The first-order valence-corrected chi connectivity index (χ1v) is 7.63. The van der Waals surface area contributed by atoms with E-state index in [-0.39, 0.29) is 5.69 Å². The Labute approximate surface area is 129 Å². The minimum Gasteiger partial charge on any atom is -0.366 e. The van der Waals surface area contributed by atoms with Crippen molar-refractivity contribution in [2.24, 2.45) is 5.73 Å². The van der Waals surface area contributed by atoms with Crippen molar-refractivity contribution < 1.29 is 9.72 Å². The summed E-state index contributed by atoms with van der Waals surface area (Å²) < 4.78 is 0. The van der Waals surface area contributed by atoms with Gasteiger partial charge in [0.05, 0.1) is 4.92 Å². The van der Waals surface area contributed by atoms with Gasteiger partial charge >= 0.3 is 0 Å². The highest BCUT2D eigenvalue weighted by atomic mass is 16.6. The summed E-state index contributed by atoms with van der Waals surface area (Å²) in [7, 11) is 0. The predicted molar refractivity (Wildman–Crippen MR) is 85.2 cm³/mol. The second-order valence-electron chi connectivity index (χ2n) is 5.48. The van der Waals surface area contributed by atoms with Gasteiger partial charge in [0.2, 0.25) is 5.91 Å². The molecule has 0 radical (unpaired) electrons. The van der Waals surface area contributed by atoms with Crippen LogP contribution in [-0.2, 0) is 0 Å². The summed E-state index contributed by atoms with van der Waals surface area (Å²) in [6.45, 7) is 4.06. The molecule has 0 aromatic heterocycles. The maximum atomic E-state index is 11.1. The number of hydrogen-bond acceptors (Lipinski definition) is 5. The molecule has 3 N–H and O–H groups in total. The van der Waals surface area contributed by atoms with Gasteiger partial charge in [-0.1, -0.05) is 0 Å². The number of rotatable bonds is 3. The molecular formula is C15H22N4O3. The number of primary amides is 1. The van der Waals surface area contributed by atoms with Gasteiger partial charge in [-0.2, -0.15) is 0 Å². The maximum absolute atomic E-state index is 11.1. The lowest BCUT2D eigenvalue weighted by atomic mass is 10.1. The molecule has 2 fully saturated rings. The van der Waals surface area contributed by atoms with Gasteiger partial charge < -0.3 is 16.0 Å². The van der Waals surface area contributed by atoms with Crippen molar-refractivity contribution in [2.75, 3.05) is 31.1 Å². The Kier molecular flexibility index (Phi) is 5.71. The number of carbonyl (C=O) groups excluding carboxylic acids is 1. The Bertz CT molecular complexity index is 530. The lowest BCUT2D eigenvalue weighted by molar-refractivity contribution is -0.384. The van der Waals surface area contributed by atoms with Crippen LogP contribution in [0.15, 0.2) is 18.2 Å². The summed E-state index contributed by atoms with van der Waals surface area (Å²) in [6, 6.07) is 4.24. The number of benzene rings is 1. The van der Waals surface area contributed by atoms with Gasteiger partial charge in [-0.05, 0) is 50.9 Å². The van der Waals surface area contributed by atoms with Crippen LogP contribution >= 0.6 is 0 Å². The average molecular weight is 306 g/mol. The fourth-order valence-electron chi connectivity index (χ4n) is 2.67. The first kappa shape index (κ1) is 16.2. The van der Waals surface area contributed by atoms with Crippen LogP contribution in [0.2, 0.25) is 0 Å². The van der Waals surface area contributed by atoms with Crippen molar-refractivity contribution in [2.45, 2.75) is 25.7 Å². The van der Waals surface area contributed by atoms with E-state index in [0.29, 0.717) is 11.3 Å². The SMILES string of the molecule is C1CCNC1.NC(=O)c1ccc([N+](=O)[O-])c(N2CCCC2)c1. The molecule has 0 unspecified atom stereocenters. The highest BCUT2D eigenvalue weighted by Gasteiger charge is 2.23. The molecule has 2 aliphatic heterocycles. The number of carbonyl (C=O) groups is 1. The van der Waals surface area contributed by atoms with Crippen molar-refractivity contribution in [3.05, 3.63) is 33.9 Å². The molecule has 7 nitrogen and oxygen atoms in total. The van der Waals surface area contributed by atoms with Crippen molar-refractivity contribution >= 4 is 17.3 Å². The molecule has 0 spiro atoms. The Morgan fingerprint density at radius 2 is 1.82 bits per heavy atom. The second kappa shape index (κ2) is 7.74. The molecule has 2 heterocycles. The lowest BCUT2D eigenvalue weighted by Gasteiger charge is -2.17. The molecule has 2 aliphatic rings. The molecule has 22 heavy (non-hydrogen) atoms. The zero-order valence-corrected chi connectivity index (χ0v) is 12.6. The van der Waals surface area contributed by atoms with E-state index in [1.165, 1.54) is 44.1 Å². The number of nitrogens with two attached hydrogens (primary N) is 1. The largest absolute Gasteiger partial charge is 0.366 e. The van der Waals surface area contributed by atoms with Gasteiger partial charge in [-0.25, -0.2) is 0 Å². The van der Waals surface area contributed by atoms with Crippen molar-refractivity contribution in [3.63, 3.8) is 0 Å². The van der Waals surface area contributed by atoms with Crippen LogP contribution < -0.4 is 16.0 Å². The third-order valence-corrected chi connectivity index (χ3v) is 3.86. The van der Waals surface area contributed by atoms with Crippen LogP contribution in [0.3, 0.4) is 0 Å². The summed E-state index contributed by atoms with van der Waals surface area (Å²) in [5.41, 5.74) is 6.00. The molecule has 0 aliphatic carbocycles. The van der Waals surface area contributed by atoms with E-state index in [0.717, 1.165) is 25.9 Å². The molecule has 2 saturated heterocycles. The second-order valence-corrected chi connectivity index (χ2v) is 5.48. The van der Waals surface area contributed by atoms with Gasteiger partial charge in [0, 0.05) is 24.7 Å². The summed E-state index contributed by atoms with van der Waals surface area (Å²) in [6.07, 6.45) is 4.80. The van der Waals surface area contributed by atoms with Crippen molar-refractivity contribution in [3.8, 4) is 0 Å². The van der Waals surface area contributed by atoms with Gasteiger partial charge in [0.1, 0.15) is 5.69 Å². The molecular weight excluding hydrogens is 284 g/mol. The molecule has 0 atom stereocenters. The van der Waals surface area contributed by atoms with Crippen molar-refractivity contribution in [1.29, 1.82) is 0 Å². The zero-order chi connectivity index (χ0) is 15.9. The molecule has 0 saturated carbocycles. The molecule has 3 rings (SSSR count). The maximum Gasteiger partial charge on any atom is 0.292 e. The normalized spacial score (nSPS) is 17.0. The van der Waals surface area contributed by atoms with E-state index in [1.807, 2.05) is 4.90 Å². The van der Waals surface area contributed by atoms with Gasteiger partial charge in [-0.3, -0.25) is 14.9 Å². The molecule has 7 heteroatoms. The summed E-state index contributed by atoms with van der Waals surface area (Å²) in [5.74, 6) is -0.569. The van der Waals surface area contributed by atoms with Crippen LogP contribution in [0.5, 0.6) is 0 Å². The smallest absolute Gasteiger partial charge is 0.292 e. The topological polar surface area (TPSA) is 101 Å². The number of nitro groups is 1. The van der Waals surface area contributed by atoms with Crippen LogP contribution in [-0.4, -0.2) is 37.0 Å². The van der Waals surface area contributed by atoms with E-state index in [2.05, 4.69) is 5.32 Å². The first-order valence-electron chi connectivity index (χ1n) is 7.63.